The van der Waals surface area contributed by atoms with Crippen LogP contribution in [0.4, 0.5) is 0 Å². The number of likely N-dealkylation sites (tertiary alicyclic amines) is 1. The van der Waals surface area contributed by atoms with Gasteiger partial charge in [0.05, 0.1) is 22.5 Å². The highest BCUT2D eigenvalue weighted by Crippen LogP contribution is 2.27. The van der Waals surface area contributed by atoms with Gasteiger partial charge in [0, 0.05) is 28.1 Å². The Bertz CT molecular complexity index is 1740. The van der Waals surface area contributed by atoms with Crippen LogP contribution in [-0.2, 0) is 10.0 Å². The monoisotopic (exact) mass is 491 g/mol. The molecule has 0 saturated carbocycles. The largest absolute Gasteiger partial charge is 0.292 e. The van der Waals surface area contributed by atoms with E-state index in [2.05, 4.69) is 27.9 Å². The van der Waals surface area contributed by atoms with Gasteiger partial charge in [0.1, 0.15) is 6.20 Å². The molecule has 1 fully saturated rings. The maximum Gasteiger partial charge on any atom is 0.268 e. The average Bonchev–Trinajstić information content (AvgIpc) is 3.59. The number of aromatic nitrogens is 3. The van der Waals surface area contributed by atoms with Gasteiger partial charge in [-0.25, -0.2) is 22.4 Å². The second-order valence-corrected chi connectivity index (χ2v) is 10.7. The molecule has 177 valence electrons. The summed E-state index contributed by atoms with van der Waals surface area (Å²) in [6.45, 7) is 3.07. The van der Waals surface area contributed by atoms with Crippen molar-refractivity contribution in [3.63, 3.8) is 0 Å². The molecular weight excluding hydrogens is 468 g/mol. The van der Waals surface area contributed by atoms with Crippen LogP contribution in [0.1, 0.15) is 18.4 Å². The summed E-state index contributed by atoms with van der Waals surface area (Å²) in [6.07, 6.45) is 7.20. The summed E-state index contributed by atoms with van der Waals surface area (Å²) in [7, 11) is -3.68. The third kappa shape index (κ3) is 4.26. The van der Waals surface area contributed by atoms with Crippen LogP contribution in [0.2, 0.25) is 0 Å². The zero-order valence-electron chi connectivity index (χ0n) is 19.6. The molecule has 7 heteroatoms. The van der Waals surface area contributed by atoms with E-state index in [1.54, 1.807) is 48.7 Å². The van der Waals surface area contributed by atoms with Gasteiger partial charge < -0.3 is 0 Å². The molecule has 0 N–H and O–H groups in total. The smallest absolute Gasteiger partial charge is 0.268 e. The van der Waals surface area contributed by atoms with E-state index in [4.69, 9.17) is 4.98 Å². The van der Waals surface area contributed by atoms with Crippen molar-refractivity contribution in [2.24, 2.45) is 0 Å². The molecule has 0 amide bonds. The van der Waals surface area contributed by atoms with Crippen molar-refractivity contribution in [1.29, 1.82) is 0 Å². The molecule has 6 nitrogen and oxygen atoms in total. The van der Waals surface area contributed by atoms with Gasteiger partial charge in [0.25, 0.3) is 10.0 Å². The van der Waals surface area contributed by atoms with Crippen molar-refractivity contribution in [2.45, 2.75) is 17.7 Å². The van der Waals surface area contributed by atoms with Crippen molar-refractivity contribution in [2.75, 3.05) is 19.6 Å². The van der Waals surface area contributed by atoms with Crippen LogP contribution in [0.25, 0.3) is 33.2 Å². The Hall–Kier alpha value is -3.99. The van der Waals surface area contributed by atoms with Gasteiger partial charge in [0.15, 0.2) is 5.82 Å². The molecule has 1 saturated heterocycles. The van der Waals surface area contributed by atoms with Gasteiger partial charge >= 0.3 is 0 Å². The molecule has 36 heavy (non-hydrogen) atoms. The lowest BCUT2D eigenvalue weighted by Gasteiger charge is -2.08. The summed E-state index contributed by atoms with van der Waals surface area (Å²) >= 11 is 0. The normalized spacial score (nSPS) is 14.2. The molecule has 2 aromatic heterocycles. The molecule has 3 heterocycles. The van der Waals surface area contributed by atoms with E-state index < -0.39 is 10.0 Å². The van der Waals surface area contributed by atoms with Gasteiger partial charge in [-0.3, -0.25) is 4.90 Å². The maximum atomic E-state index is 13.1. The molecule has 1 aliphatic heterocycles. The zero-order chi connectivity index (χ0) is 24.5. The molecule has 0 unspecified atom stereocenters. The zero-order valence-corrected chi connectivity index (χ0v) is 20.4. The molecule has 0 atom stereocenters. The molecule has 0 bridgehead atoms. The Morgan fingerprint density at radius 3 is 2.61 bits per heavy atom. The minimum atomic E-state index is -3.68. The molecular formula is C29H23N4O2S. The number of fused-ring (bicyclic) bond motifs is 2. The third-order valence-corrected chi connectivity index (χ3v) is 8.16. The SMILES string of the molecule is O=S(=O)(c1ccccc1)n1ccc2cc(-c3n[c]c4cc(C#CCN5CCCC5)ccc4n3)ccc21. The van der Waals surface area contributed by atoms with E-state index in [-0.39, 0.29) is 4.90 Å². The predicted octanol–water partition coefficient (Wildman–Crippen LogP) is 4.74. The number of benzene rings is 3. The maximum absolute atomic E-state index is 13.1. The Kier molecular flexibility index (Phi) is 5.76. The van der Waals surface area contributed by atoms with E-state index in [1.165, 1.54) is 16.8 Å². The van der Waals surface area contributed by atoms with Crippen LogP contribution in [0.3, 0.4) is 0 Å². The van der Waals surface area contributed by atoms with Gasteiger partial charge in [-0.1, -0.05) is 30.0 Å². The first-order chi connectivity index (χ1) is 17.6. The summed E-state index contributed by atoms with van der Waals surface area (Å²) in [6, 6.07) is 21.6. The van der Waals surface area contributed by atoms with Crippen LogP contribution >= 0.6 is 0 Å². The van der Waals surface area contributed by atoms with E-state index in [0.717, 1.165) is 47.1 Å². The van der Waals surface area contributed by atoms with Crippen molar-refractivity contribution in [3.8, 4) is 23.2 Å². The minimum absolute atomic E-state index is 0.249. The second kappa shape index (κ2) is 9.23. The van der Waals surface area contributed by atoms with Gasteiger partial charge in [-0.15, -0.1) is 0 Å². The standard InChI is InChI=1S/C29H23N4O2S/c34-36(35,26-8-2-1-3-9-26)33-18-14-23-20-24(11-13-28(23)33)29-30-21-25-19-22(10-12-27(25)31-29)7-6-17-32-15-4-5-16-32/h1-3,8-14,18-20H,4-5,15-17H2. The van der Waals surface area contributed by atoms with Crippen molar-refractivity contribution >= 4 is 31.8 Å². The molecule has 6 rings (SSSR count). The van der Waals surface area contributed by atoms with Crippen molar-refractivity contribution < 1.29 is 8.42 Å². The van der Waals surface area contributed by atoms with Gasteiger partial charge in [-0.05, 0) is 80.5 Å². The second-order valence-electron chi connectivity index (χ2n) is 8.88. The highest BCUT2D eigenvalue weighted by Gasteiger charge is 2.19. The quantitative estimate of drug-likeness (QED) is 0.340. The lowest BCUT2D eigenvalue weighted by atomic mass is 10.1. The fourth-order valence-electron chi connectivity index (χ4n) is 4.55. The molecule has 1 radical (unpaired) electrons. The molecule has 1 aliphatic rings. The first-order valence-corrected chi connectivity index (χ1v) is 13.3. The van der Waals surface area contributed by atoms with Crippen LogP contribution in [0.15, 0.2) is 83.9 Å². The average molecular weight is 492 g/mol. The predicted molar refractivity (Wildman–Crippen MR) is 141 cm³/mol. The van der Waals surface area contributed by atoms with Crippen molar-refractivity contribution in [1.82, 2.24) is 18.8 Å². The Morgan fingerprint density at radius 2 is 1.78 bits per heavy atom. The van der Waals surface area contributed by atoms with Crippen LogP contribution in [-0.4, -0.2) is 46.9 Å². The first-order valence-electron chi connectivity index (χ1n) is 11.9. The molecule has 0 spiro atoms. The Morgan fingerprint density at radius 1 is 0.944 bits per heavy atom. The summed E-state index contributed by atoms with van der Waals surface area (Å²) in [5.74, 6) is 7.04. The lowest BCUT2D eigenvalue weighted by molar-refractivity contribution is 0.383. The topological polar surface area (TPSA) is 68.1 Å². The number of rotatable bonds is 4. The van der Waals surface area contributed by atoms with E-state index in [0.29, 0.717) is 11.3 Å². The first kappa shape index (κ1) is 22.5. The van der Waals surface area contributed by atoms with Crippen LogP contribution in [0, 0.1) is 18.0 Å². The van der Waals surface area contributed by atoms with Gasteiger partial charge in [0.2, 0.25) is 0 Å². The summed E-state index contributed by atoms with van der Waals surface area (Å²) in [4.78, 5) is 11.8. The van der Waals surface area contributed by atoms with Crippen LogP contribution < -0.4 is 0 Å². The van der Waals surface area contributed by atoms with Crippen molar-refractivity contribution in [3.05, 3.63) is 90.8 Å². The number of hydrogen-bond donors (Lipinski definition) is 0. The van der Waals surface area contributed by atoms with Gasteiger partial charge in [-0.2, -0.15) is 0 Å². The minimum Gasteiger partial charge on any atom is -0.292 e. The lowest BCUT2D eigenvalue weighted by Crippen LogP contribution is -2.18. The fraction of sp³-hybridized carbons (Fsp3) is 0.172. The third-order valence-electron chi connectivity index (χ3n) is 6.45. The summed E-state index contributed by atoms with van der Waals surface area (Å²) in [5, 5.41) is 1.60. The van der Waals surface area contributed by atoms with E-state index >= 15 is 0 Å². The fourth-order valence-corrected chi connectivity index (χ4v) is 5.92. The molecule has 0 aliphatic carbocycles. The summed E-state index contributed by atoms with van der Waals surface area (Å²) < 4.78 is 27.5. The number of hydrogen-bond acceptors (Lipinski definition) is 5. The van der Waals surface area contributed by atoms with E-state index in [9.17, 15) is 8.42 Å². The van der Waals surface area contributed by atoms with E-state index in [1.807, 2.05) is 30.3 Å². The van der Waals surface area contributed by atoms with Crippen LogP contribution in [0.5, 0.6) is 0 Å². The molecule has 5 aromatic rings. The summed E-state index contributed by atoms with van der Waals surface area (Å²) in [5.41, 5.74) is 3.11. The highest BCUT2D eigenvalue weighted by atomic mass is 32.2. The Labute approximate surface area is 210 Å². The number of nitrogens with zero attached hydrogens (tertiary/aromatic N) is 4. The highest BCUT2D eigenvalue weighted by molar-refractivity contribution is 7.90. The Balaban J connectivity index is 1.28. The molecule has 3 aromatic carbocycles.